The summed E-state index contributed by atoms with van der Waals surface area (Å²) in [5, 5.41) is 34.8. The summed E-state index contributed by atoms with van der Waals surface area (Å²) >= 11 is 0. The van der Waals surface area contributed by atoms with E-state index in [1.165, 1.54) is 70.8 Å². The smallest absolute Gasteiger partial charge is 0.329 e. The number of aryl methyl sites for hydroxylation is 2. The minimum atomic E-state index is -1.77. The summed E-state index contributed by atoms with van der Waals surface area (Å²) in [6.07, 6.45) is -2.83. The fraction of sp³-hybridized carbons (Fsp3) is 0.768. The lowest BCUT2D eigenvalue weighted by atomic mass is 9.90. The highest BCUT2D eigenvalue weighted by atomic mass is 16.6. The zero-order chi connectivity index (χ0) is 72.2. The number of hydrogen-bond acceptors (Lipinski definition) is 15. The van der Waals surface area contributed by atoms with Crippen LogP contribution in [0.25, 0.3) is 0 Å². The molecular formula is C69H119N11O14. The van der Waals surface area contributed by atoms with Gasteiger partial charge in [0.2, 0.25) is 53.2 Å². The van der Waals surface area contributed by atoms with Crippen molar-refractivity contribution in [1.29, 1.82) is 0 Å². The molecule has 2 heterocycles. The quantitative estimate of drug-likeness (QED) is 0.106. The van der Waals surface area contributed by atoms with Crippen LogP contribution >= 0.6 is 0 Å². The van der Waals surface area contributed by atoms with Gasteiger partial charge < -0.3 is 65.6 Å². The Bertz CT molecular complexity index is 2720. The number of aromatic nitrogens is 1. The lowest BCUT2D eigenvalue weighted by Crippen LogP contribution is -2.64. The minimum Gasteiger partial charge on any atom is -0.450 e. The van der Waals surface area contributed by atoms with Gasteiger partial charge in [-0.05, 0) is 132 Å². The Balaban J connectivity index is 3.03. The van der Waals surface area contributed by atoms with Gasteiger partial charge in [-0.1, -0.05) is 110 Å². The van der Waals surface area contributed by atoms with Crippen molar-refractivity contribution in [2.24, 2.45) is 47.3 Å². The van der Waals surface area contributed by atoms with Crippen LogP contribution in [-0.2, 0) is 63.9 Å². The third-order valence-electron chi connectivity index (χ3n) is 17.4. The van der Waals surface area contributed by atoms with Gasteiger partial charge in [0, 0.05) is 53.7 Å². The number of nitrogens with zero attached hydrogens (tertiary/aromatic N) is 7. The molecule has 25 nitrogen and oxygen atoms in total. The van der Waals surface area contributed by atoms with Crippen molar-refractivity contribution in [3.05, 3.63) is 29.6 Å². The molecule has 94 heavy (non-hydrogen) atoms. The summed E-state index contributed by atoms with van der Waals surface area (Å²) in [5.41, 5.74) is 1.63. The number of carbonyl (C=O) groups excluding carboxylic acids is 11. The van der Waals surface area contributed by atoms with Crippen molar-refractivity contribution in [2.75, 3.05) is 48.8 Å². The first-order valence-corrected chi connectivity index (χ1v) is 33.7. The topological polar surface area (TPSA) is 318 Å². The van der Waals surface area contributed by atoms with Crippen molar-refractivity contribution in [3.8, 4) is 0 Å². The van der Waals surface area contributed by atoms with E-state index in [1.807, 2.05) is 94.4 Å². The number of esters is 1. The highest BCUT2D eigenvalue weighted by Gasteiger charge is 2.46. The number of hydrogen-bond donors (Lipinski definition) is 6. The Morgan fingerprint density at radius 1 is 0.511 bits per heavy atom. The summed E-state index contributed by atoms with van der Waals surface area (Å²) in [7, 11) is 8.16. The van der Waals surface area contributed by atoms with E-state index >= 15 is 14.4 Å². The van der Waals surface area contributed by atoms with Crippen molar-refractivity contribution in [1.82, 2.24) is 55.7 Å². The lowest BCUT2D eigenvalue weighted by Gasteiger charge is -2.40. The number of nitrogens with one attached hydrogen (secondary N) is 4. The highest BCUT2D eigenvalue weighted by molar-refractivity contribution is 5.99. The molecule has 0 bridgehead atoms. The number of pyridine rings is 1. The molecule has 0 unspecified atom stereocenters. The lowest BCUT2D eigenvalue weighted by molar-refractivity contribution is -0.166. The van der Waals surface area contributed by atoms with Gasteiger partial charge in [0.25, 0.3) is 5.91 Å². The molecule has 10 amide bonds. The van der Waals surface area contributed by atoms with Gasteiger partial charge in [-0.15, -0.1) is 0 Å². The van der Waals surface area contributed by atoms with E-state index in [9.17, 15) is 48.6 Å². The van der Waals surface area contributed by atoms with E-state index in [-0.39, 0.29) is 61.7 Å². The number of likely N-dealkylation sites (N-methyl/N-ethyl adjacent to an activating group) is 6. The average Bonchev–Trinajstić information content (AvgIpc) is 0.812. The van der Waals surface area contributed by atoms with E-state index in [2.05, 4.69) is 26.3 Å². The van der Waals surface area contributed by atoms with Crippen LogP contribution in [0.4, 0.5) is 0 Å². The second kappa shape index (κ2) is 38.1. The zero-order valence-electron chi connectivity index (χ0n) is 61.1. The molecule has 1 aliphatic heterocycles. The molecule has 6 N–H and O–H groups in total. The van der Waals surface area contributed by atoms with Gasteiger partial charge in [0.15, 0.2) is 6.10 Å². The van der Waals surface area contributed by atoms with E-state index in [0.29, 0.717) is 19.3 Å². The molecule has 1 saturated heterocycles. The molecule has 0 aromatic carbocycles. The maximum Gasteiger partial charge on any atom is 0.329 e. The molecule has 1 aromatic heterocycles. The average molecular weight is 1330 g/mol. The first-order valence-electron chi connectivity index (χ1n) is 33.7. The highest BCUT2D eigenvalue weighted by Crippen LogP contribution is 2.26. The Hall–Kier alpha value is -6.76. The molecule has 534 valence electrons. The second-order valence-corrected chi connectivity index (χ2v) is 29.1. The Kier molecular flexibility index (Phi) is 33.8. The van der Waals surface area contributed by atoms with Crippen molar-refractivity contribution in [2.45, 2.75) is 249 Å². The minimum absolute atomic E-state index is 0.0735. The molecule has 0 spiro atoms. The normalized spacial score (nSPS) is 25.6. The molecule has 2 rings (SSSR count). The molecule has 1 aliphatic rings. The van der Waals surface area contributed by atoms with E-state index in [4.69, 9.17) is 4.74 Å². The van der Waals surface area contributed by atoms with Crippen molar-refractivity contribution < 1.29 is 67.7 Å². The number of carbonyl (C=O) groups is 11. The molecule has 1 aromatic rings. The van der Waals surface area contributed by atoms with Crippen LogP contribution in [0, 0.1) is 54.3 Å². The summed E-state index contributed by atoms with van der Waals surface area (Å²) in [4.78, 5) is 173. The number of aliphatic hydroxyl groups excluding tert-OH is 2. The number of rotatable bonds is 19. The Labute approximate surface area is 560 Å². The monoisotopic (exact) mass is 1330 g/mol. The van der Waals surface area contributed by atoms with E-state index < -0.39 is 162 Å². The van der Waals surface area contributed by atoms with Crippen molar-refractivity contribution >= 4 is 65.0 Å². The maximum atomic E-state index is 15.3. The van der Waals surface area contributed by atoms with Crippen LogP contribution in [0.2, 0.25) is 0 Å². The van der Waals surface area contributed by atoms with Gasteiger partial charge in [-0.2, -0.15) is 0 Å². The summed E-state index contributed by atoms with van der Waals surface area (Å²) in [5.74, 6) is -11.6. The zero-order valence-corrected chi connectivity index (χ0v) is 61.1. The summed E-state index contributed by atoms with van der Waals surface area (Å²) < 4.78 is 5.91. The Morgan fingerprint density at radius 2 is 0.947 bits per heavy atom. The fourth-order valence-corrected chi connectivity index (χ4v) is 11.8. The summed E-state index contributed by atoms with van der Waals surface area (Å²) in [6.45, 7) is 30.6. The van der Waals surface area contributed by atoms with Gasteiger partial charge >= 0.3 is 5.97 Å². The Morgan fingerprint density at radius 3 is 1.38 bits per heavy atom. The first kappa shape index (κ1) is 83.3. The van der Waals surface area contributed by atoms with E-state index in [1.54, 1.807) is 34.6 Å². The molecule has 25 heteroatoms. The largest absolute Gasteiger partial charge is 0.450 e. The third kappa shape index (κ3) is 24.5. The SMILES string of the molecule is Cc1cccc(CCC[C@@H](C)[C@@H](O)[C@H]2C(=O)N[C@@H]([C@@H](C)O)C(=O)N(C)CC(=O)N(C)[C@@H](CC(C)C)C(=O)N[C@@H](CC(C)C)C(=O)N(C)[C@@H](CC(C)C)C(=O)N[C@@H](C)C(=O)O[C@H](C(C)C)C(=O)N(C)[C@@H](CC(C)C)C(=O)N[C@@H](CC(C)C)C(=O)N(C)[C@@H](C(C)C)C(=O)N2C)n1. The van der Waals surface area contributed by atoms with Gasteiger partial charge in [0.05, 0.1) is 18.8 Å². The van der Waals surface area contributed by atoms with Gasteiger partial charge in [-0.25, -0.2) is 4.79 Å². The molecule has 0 radical (unpaired) electrons. The predicted molar refractivity (Wildman–Crippen MR) is 359 cm³/mol. The van der Waals surface area contributed by atoms with Gasteiger partial charge in [-0.3, -0.25) is 52.9 Å². The van der Waals surface area contributed by atoms with E-state index in [0.717, 1.165) is 26.1 Å². The molecule has 0 saturated carbocycles. The molecular weight excluding hydrogens is 1210 g/mol. The fourth-order valence-electron chi connectivity index (χ4n) is 11.8. The standard InChI is InChI=1S/C69H119N11O14/c1-37(2)31-49-64(88)77(21)52(34-40(7)8)60(84)71-46(17)69(93)94-59(43(13)14)68(92)78(22)53(35-41(9)10)62(86)73-50(32-38(3)4)65(89)79(23)56(42(11)12)67(91)80(24)57(58(83)44(15)27-25-29-48-30-26-28-45(16)70-48)63(87)74-55(47(18)81)66(90)75(19)36-54(82)76(20)51(33-39(5)6)61(85)72-49/h26,28,30,37-44,46-47,49-53,55-59,81,83H,25,27,29,31-36H2,1-24H3,(H,71,84)(H,72,85)(H,73,86)(H,74,87)/t44-,46+,47-,49+,50+,51+,52+,53+,55+,56+,57+,58-,59-/m1/s1. The third-order valence-corrected chi connectivity index (χ3v) is 17.4. The number of ether oxygens (including phenoxy) is 1. The van der Waals surface area contributed by atoms with Crippen LogP contribution in [0.1, 0.15) is 174 Å². The van der Waals surface area contributed by atoms with Crippen LogP contribution in [0.5, 0.6) is 0 Å². The number of cyclic esters (lactones) is 1. The van der Waals surface area contributed by atoms with Crippen LogP contribution in [-0.4, -0.2) is 231 Å². The van der Waals surface area contributed by atoms with Crippen LogP contribution < -0.4 is 21.3 Å². The molecule has 13 atom stereocenters. The number of amides is 10. The predicted octanol–water partition coefficient (Wildman–Crippen LogP) is 4.11. The second-order valence-electron chi connectivity index (χ2n) is 29.1. The van der Waals surface area contributed by atoms with Crippen LogP contribution in [0.3, 0.4) is 0 Å². The summed E-state index contributed by atoms with van der Waals surface area (Å²) in [6, 6.07) is -6.71. The van der Waals surface area contributed by atoms with Crippen LogP contribution in [0.15, 0.2) is 18.2 Å². The number of aliphatic hydroxyl groups is 2. The molecule has 0 aliphatic carbocycles. The molecule has 1 fully saturated rings. The van der Waals surface area contributed by atoms with Gasteiger partial charge in [0.1, 0.15) is 54.4 Å². The van der Waals surface area contributed by atoms with Crippen molar-refractivity contribution in [3.63, 3.8) is 0 Å². The maximum absolute atomic E-state index is 15.3. The first-order chi connectivity index (χ1) is 43.5.